The Morgan fingerprint density at radius 3 is 3.00 bits per heavy atom. The Hall–Kier alpha value is -1.46. The number of benzene rings is 1. The van der Waals surface area contributed by atoms with E-state index >= 15 is 0 Å². The summed E-state index contributed by atoms with van der Waals surface area (Å²) in [5, 5.41) is 4.20. The van der Waals surface area contributed by atoms with Gasteiger partial charge in [-0.1, -0.05) is 27.3 Å². The highest BCUT2D eigenvalue weighted by Gasteiger charge is 2.05. The predicted molar refractivity (Wildman–Crippen MR) is 79.6 cm³/mol. The summed E-state index contributed by atoms with van der Waals surface area (Å²) in [7, 11) is 0. The van der Waals surface area contributed by atoms with Gasteiger partial charge in [-0.3, -0.25) is 4.98 Å². The molecular formula is C13H10BrN3S. The first kappa shape index (κ1) is 11.6. The van der Waals surface area contributed by atoms with Crippen LogP contribution in [-0.4, -0.2) is 9.97 Å². The van der Waals surface area contributed by atoms with Crippen molar-refractivity contribution in [3.63, 3.8) is 0 Å². The van der Waals surface area contributed by atoms with Gasteiger partial charge in [0.25, 0.3) is 0 Å². The van der Waals surface area contributed by atoms with E-state index < -0.39 is 0 Å². The first-order chi connectivity index (χ1) is 8.72. The average molecular weight is 320 g/mol. The number of aromatic nitrogens is 2. The van der Waals surface area contributed by atoms with E-state index in [9.17, 15) is 0 Å². The minimum absolute atomic E-state index is 0.888. The number of hydrogen-bond acceptors (Lipinski definition) is 4. The van der Waals surface area contributed by atoms with Gasteiger partial charge in [0.1, 0.15) is 0 Å². The van der Waals surface area contributed by atoms with Crippen LogP contribution >= 0.6 is 27.3 Å². The second-order valence-corrected chi connectivity index (χ2v) is 5.89. The van der Waals surface area contributed by atoms with Gasteiger partial charge in [0.15, 0.2) is 5.13 Å². The summed E-state index contributed by atoms with van der Waals surface area (Å²) in [5.74, 6) is 0. The molecule has 0 radical (unpaired) electrons. The number of hydrogen-bond donors (Lipinski definition) is 1. The van der Waals surface area contributed by atoms with Crippen molar-refractivity contribution in [3.8, 4) is 0 Å². The second kappa shape index (κ2) is 4.66. The molecule has 0 bridgehead atoms. The van der Waals surface area contributed by atoms with Gasteiger partial charge in [-0.2, -0.15) is 0 Å². The lowest BCUT2D eigenvalue weighted by Crippen LogP contribution is -1.92. The summed E-state index contributed by atoms with van der Waals surface area (Å²) in [6, 6.07) is 8.09. The van der Waals surface area contributed by atoms with Crippen LogP contribution in [0.1, 0.15) is 5.56 Å². The first-order valence-electron chi connectivity index (χ1n) is 5.46. The lowest BCUT2D eigenvalue weighted by Gasteiger charge is -2.04. The predicted octanol–water partition coefficient (Wildman–Crippen LogP) is 4.51. The Bertz CT molecular complexity index is 708. The number of nitrogens with zero attached hydrogens (tertiary/aromatic N) is 2. The highest BCUT2D eigenvalue weighted by molar-refractivity contribution is 9.10. The zero-order valence-corrected chi connectivity index (χ0v) is 12.0. The molecule has 2 heterocycles. The molecule has 1 aromatic carbocycles. The van der Waals surface area contributed by atoms with E-state index in [0.29, 0.717) is 0 Å². The Balaban J connectivity index is 1.98. The minimum Gasteiger partial charge on any atom is -0.330 e. The molecule has 0 saturated heterocycles. The summed E-state index contributed by atoms with van der Waals surface area (Å²) < 4.78 is 2.21. The maximum atomic E-state index is 4.56. The highest BCUT2D eigenvalue weighted by atomic mass is 79.9. The molecule has 5 heteroatoms. The van der Waals surface area contributed by atoms with Gasteiger partial charge < -0.3 is 5.32 Å². The molecule has 90 valence electrons. The van der Waals surface area contributed by atoms with Crippen LogP contribution in [0.4, 0.5) is 10.8 Å². The van der Waals surface area contributed by atoms with Crippen molar-refractivity contribution in [1.29, 1.82) is 0 Å². The van der Waals surface area contributed by atoms with Gasteiger partial charge in [-0.15, -0.1) is 0 Å². The molecule has 0 fully saturated rings. The Morgan fingerprint density at radius 2 is 2.17 bits per heavy atom. The Kier molecular flexibility index (Phi) is 3.01. The lowest BCUT2D eigenvalue weighted by molar-refractivity contribution is 1.27. The maximum Gasteiger partial charge on any atom is 0.188 e. The topological polar surface area (TPSA) is 37.8 Å². The fraction of sp³-hybridized carbons (Fsp3) is 0.0769. The van der Waals surface area contributed by atoms with Crippen molar-refractivity contribution in [2.45, 2.75) is 6.92 Å². The summed E-state index contributed by atoms with van der Waals surface area (Å²) in [6.07, 6.45) is 3.60. The second-order valence-electron chi connectivity index (χ2n) is 3.95. The number of pyridine rings is 1. The van der Waals surface area contributed by atoms with Gasteiger partial charge in [0, 0.05) is 10.7 Å². The number of rotatable bonds is 2. The van der Waals surface area contributed by atoms with Crippen LogP contribution in [0.5, 0.6) is 0 Å². The molecule has 3 aromatic rings. The third-order valence-electron chi connectivity index (χ3n) is 2.63. The number of nitrogens with one attached hydrogen (secondary N) is 1. The quantitative estimate of drug-likeness (QED) is 0.755. The molecule has 0 atom stereocenters. The Labute approximate surface area is 117 Å². The largest absolute Gasteiger partial charge is 0.330 e. The number of aryl methyl sites for hydroxylation is 1. The molecule has 0 aliphatic carbocycles. The summed E-state index contributed by atoms with van der Waals surface area (Å²) >= 11 is 5.09. The van der Waals surface area contributed by atoms with E-state index in [1.807, 2.05) is 31.3 Å². The number of anilines is 2. The van der Waals surface area contributed by atoms with Gasteiger partial charge in [0.05, 0.1) is 22.1 Å². The van der Waals surface area contributed by atoms with Gasteiger partial charge >= 0.3 is 0 Å². The van der Waals surface area contributed by atoms with E-state index in [-0.39, 0.29) is 0 Å². The van der Waals surface area contributed by atoms with Crippen LogP contribution in [-0.2, 0) is 0 Å². The van der Waals surface area contributed by atoms with Crippen LogP contribution in [0.15, 0.2) is 41.1 Å². The normalized spacial score (nSPS) is 10.8. The van der Waals surface area contributed by atoms with Crippen molar-refractivity contribution >= 4 is 48.3 Å². The van der Waals surface area contributed by atoms with Crippen LogP contribution in [0.3, 0.4) is 0 Å². The van der Waals surface area contributed by atoms with Crippen LogP contribution in [0.2, 0.25) is 0 Å². The Morgan fingerprint density at radius 1 is 1.28 bits per heavy atom. The molecule has 0 amide bonds. The van der Waals surface area contributed by atoms with Crippen LogP contribution in [0, 0.1) is 6.92 Å². The molecule has 3 nitrogen and oxygen atoms in total. The summed E-state index contributed by atoms with van der Waals surface area (Å²) in [4.78, 5) is 8.68. The lowest BCUT2D eigenvalue weighted by atomic mass is 10.2. The van der Waals surface area contributed by atoms with Crippen molar-refractivity contribution in [3.05, 3.63) is 46.7 Å². The van der Waals surface area contributed by atoms with Crippen LogP contribution in [0.25, 0.3) is 10.2 Å². The zero-order chi connectivity index (χ0) is 12.5. The fourth-order valence-corrected chi connectivity index (χ4v) is 2.87. The standard InChI is InChI=1S/C13H10BrN3S/c1-8-4-5-15-7-11(8)17-13-16-10-6-9(14)2-3-12(10)18-13/h2-7H,1H3,(H,16,17). The monoisotopic (exact) mass is 319 g/mol. The molecule has 0 spiro atoms. The van der Waals surface area contributed by atoms with E-state index in [2.05, 4.69) is 37.3 Å². The first-order valence-corrected chi connectivity index (χ1v) is 7.07. The van der Waals surface area contributed by atoms with Crippen molar-refractivity contribution < 1.29 is 0 Å². The molecule has 3 rings (SSSR count). The molecule has 0 aliphatic rings. The van der Waals surface area contributed by atoms with Gasteiger partial charge in [0.2, 0.25) is 0 Å². The molecule has 1 N–H and O–H groups in total. The molecular weight excluding hydrogens is 310 g/mol. The number of thiazole rings is 1. The van der Waals surface area contributed by atoms with E-state index in [1.54, 1.807) is 17.5 Å². The molecule has 0 unspecified atom stereocenters. The van der Waals surface area contributed by atoms with E-state index in [0.717, 1.165) is 26.4 Å². The average Bonchev–Trinajstić information content (AvgIpc) is 2.73. The third-order valence-corrected chi connectivity index (χ3v) is 4.08. The summed E-state index contributed by atoms with van der Waals surface area (Å²) in [5.41, 5.74) is 3.15. The van der Waals surface area contributed by atoms with E-state index in [1.165, 1.54) is 4.70 Å². The third kappa shape index (κ3) is 2.23. The smallest absolute Gasteiger partial charge is 0.188 e. The molecule has 0 aliphatic heterocycles. The molecule has 0 saturated carbocycles. The molecule has 18 heavy (non-hydrogen) atoms. The molecule has 2 aromatic heterocycles. The van der Waals surface area contributed by atoms with Crippen molar-refractivity contribution in [1.82, 2.24) is 9.97 Å². The SMILES string of the molecule is Cc1ccncc1Nc1nc2cc(Br)ccc2s1. The fourth-order valence-electron chi connectivity index (χ4n) is 1.66. The van der Waals surface area contributed by atoms with Crippen molar-refractivity contribution in [2.75, 3.05) is 5.32 Å². The van der Waals surface area contributed by atoms with Crippen LogP contribution < -0.4 is 5.32 Å². The zero-order valence-electron chi connectivity index (χ0n) is 9.64. The van der Waals surface area contributed by atoms with Gasteiger partial charge in [-0.05, 0) is 36.8 Å². The number of fused-ring (bicyclic) bond motifs is 1. The highest BCUT2D eigenvalue weighted by Crippen LogP contribution is 2.30. The van der Waals surface area contributed by atoms with Crippen molar-refractivity contribution in [2.24, 2.45) is 0 Å². The van der Waals surface area contributed by atoms with Gasteiger partial charge in [-0.25, -0.2) is 4.98 Å². The number of halogens is 1. The minimum atomic E-state index is 0.888. The van der Waals surface area contributed by atoms with E-state index in [4.69, 9.17) is 0 Å². The maximum absolute atomic E-state index is 4.56. The summed E-state index contributed by atoms with van der Waals surface area (Å²) in [6.45, 7) is 2.05.